The van der Waals surface area contributed by atoms with Gasteiger partial charge in [0.05, 0.1) is 5.02 Å². The Balaban J connectivity index is 2.04. The fraction of sp³-hybridized carbons (Fsp3) is 0.571. The molecule has 0 aromatic heterocycles. The van der Waals surface area contributed by atoms with Gasteiger partial charge >= 0.3 is 0 Å². The predicted octanol–water partition coefficient (Wildman–Crippen LogP) is 3.90. The molecule has 1 aromatic rings. The van der Waals surface area contributed by atoms with Crippen LogP contribution < -0.4 is 5.32 Å². The van der Waals surface area contributed by atoms with Gasteiger partial charge in [-0.2, -0.15) is 11.8 Å². The molecule has 0 amide bonds. The molecule has 0 bridgehead atoms. The second-order valence-electron chi connectivity index (χ2n) is 4.67. The van der Waals surface area contributed by atoms with Crippen LogP contribution in [0.4, 0.5) is 4.39 Å². The average molecular weight is 288 g/mol. The van der Waals surface area contributed by atoms with Crippen molar-refractivity contribution in [3.63, 3.8) is 0 Å². The number of benzene rings is 1. The van der Waals surface area contributed by atoms with Crippen LogP contribution in [-0.4, -0.2) is 23.6 Å². The average Bonchev–Trinajstić information content (AvgIpc) is 2.87. The van der Waals surface area contributed by atoms with E-state index in [-0.39, 0.29) is 10.8 Å². The molecule has 0 aliphatic carbocycles. The van der Waals surface area contributed by atoms with Crippen molar-refractivity contribution >= 4 is 23.4 Å². The van der Waals surface area contributed by atoms with Crippen LogP contribution in [0.1, 0.15) is 25.3 Å². The van der Waals surface area contributed by atoms with Gasteiger partial charge in [-0.3, -0.25) is 0 Å². The number of hydrogen-bond donors (Lipinski definition) is 1. The van der Waals surface area contributed by atoms with Gasteiger partial charge in [0, 0.05) is 11.3 Å². The number of likely N-dealkylation sites (N-methyl/N-ethyl adjacent to an activating group) is 1. The minimum absolute atomic E-state index is 0.224. The van der Waals surface area contributed by atoms with Gasteiger partial charge in [0.2, 0.25) is 0 Å². The molecule has 1 aromatic carbocycles. The lowest BCUT2D eigenvalue weighted by atomic mass is 10.0. The van der Waals surface area contributed by atoms with Crippen molar-refractivity contribution in [2.75, 3.05) is 12.3 Å². The summed E-state index contributed by atoms with van der Waals surface area (Å²) in [7, 11) is 0. The van der Waals surface area contributed by atoms with Crippen molar-refractivity contribution in [2.24, 2.45) is 0 Å². The highest BCUT2D eigenvalue weighted by Gasteiger charge is 2.25. The van der Waals surface area contributed by atoms with Gasteiger partial charge < -0.3 is 5.32 Å². The predicted molar refractivity (Wildman–Crippen MR) is 78.1 cm³/mol. The van der Waals surface area contributed by atoms with E-state index in [1.807, 2.05) is 17.8 Å². The maximum atomic E-state index is 13.1. The van der Waals surface area contributed by atoms with Crippen molar-refractivity contribution in [1.29, 1.82) is 0 Å². The first-order valence-electron chi connectivity index (χ1n) is 6.49. The highest BCUT2D eigenvalue weighted by Crippen LogP contribution is 2.30. The molecule has 1 nitrogen and oxygen atoms in total. The van der Waals surface area contributed by atoms with Gasteiger partial charge in [0.15, 0.2) is 0 Å². The van der Waals surface area contributed by atoms with E-state index in [1.54, 1.807) is 6.07 Å². The highest BCUT2D eigenvalue weighted by atomic mass is 35.5. The minimum atomic E-state index is -0.337. The van der Waals surface area contributed by atoms with E-state index in [9.17, 15) is 4.39 Å². The second-order valence-corrected chi connectivity index (χ2v) is 6.42. The number of nitrogens with one attached hydrogen (secondary N) is 1. The first kappa shape index (κ1) is 14.2. The Hall–Kier alpha value is -0.250. The van der Waals surface area contributed by atoms with E-state index in [4.69, 9.17) is 11.6 Å². The zero-order valence-corrected chi connectivity index (χ0v) is 12.2. The lowest BCUT2D eigenvalue weighted by Crippen LogP contribution is -2.38. The summed E-state index contributed by atoms with van der Waals surface area (Å²) in [5, 5.41) is 4.45. The SMILES string of the molecule is CCNC(Cc1ccc(F)c(Cl)c1)C1CCCS1. The lowest BCUT2D eigenvalue weighted by molar-refractivity contribution is 0.495. The molecule has 4 heteroatoms. The summed E-state index contributed by atoms with van der Waals surface area (Å²) < 4.78 is 13.1. The topological polar surface area (TPSA) is 12.0 Å². The number of rotatable bonds is 5. The van der Waals surface area contributed by atoms with Crippen LogP contribution >= 0.6 is 23.4 Å². The molecule has 2 unspecified atom stereocenters. The monoisotopic (exact) mass is 287 g/mol. The fourth-order valence-corrected chi connectivity index (χ4v) is 4.03. The molecule has 2 rings (SSSR count). The van der Waals surface area contributed by atoms with Crippen molar-refractivity contribution in [1.82, 2.24) is 5.32 Å². The van der Waals surface area contributed by atoms with Crippen LogP contribution in [0.25, 0.3) is 0 Å². The normalized spacial score (nSPS) is 21.2. The number of thioether (sulfide) groups is 1. The quantitative estimate of drug-likeness (QED) is 0.882. The van der Waals surface area contributed by atoms with Crippen LogP contribution in [-0.2, 0) is 6.42 Å². The summed E-state index contributed by atoms with van der Waals surface area (Å²) >= 11 is 7.88. The van der Waals surface area contributed by atoms with Crippen molar-refractivity contribution in [3.8, 4) is 0 Å². The highest BCUT2D eigenvalue weighted by molar-refractivity contribution is 8.00. The second kappa shape index (κ2) is 6.78. The standard InChI is InChI=1S/C14H19ClFNS/c1-2-17-13(14-4-3-7-18-14)9-10-5-6-12(16)11(15)8-10/h5-6,8,13-14,17H,2-4,7,9H2,1H3. The van der Waals surface area contributed by atoms with E-state index < -0.39 is 0 Å². The molecule has 18 heavy (non-hydrogen) atoms. The Kier molecular flexibility index (Phi) is 5.34. The molecule has 1 N–H and O–H groups in total. The summed E-state index contributed by atoms with van der Waals surface area (Å²) in [6.07, 6.45) is 3.50. The van der Waals surface area contributed by atoms with Gasteiger partial charge in [-0.15, -0.1) is 0 Å². The third-order valence-corrected chi connectivity index (χ3v) is 5.13. The Labute approximate surface area is 117 Å². The van der Waals surface area contributed by atoms with Crippen molar-refractivity contribution in [2.45, 2.75) is 37.5 Å². The summed E-state index contributed by atoms with van der Waals surface area (Å²) in [6.45, 7) is 3.10. The van der Waals surface area contributed by atoms with E-state index in [0.29, 0.717) is 11.3 Å². The summed E-state index contributed by atoms with van der Waals surface area (Å²) in [6, 6.07) is 5.51. The van der Waals surface area contributed by atoms with Crippen LogP contribution in [0.2, 0.25) is 5.02 Å². The van der Waals surface area contributed by atoms with E-state index in [2.05, 4.69) is 12.2 Å². The summed E-state index contributed by atoms with van der Waals surface area (Å²) in [5.41, 5.74) is 1.11. The van der Waals surface area contributed by atoms with Gasteiger partial charge in [-0.05, 0) is 49.3 Å². The first-order chi connectivity index (χ1) is 8.70. The first-order valence-corrected chi connectivity index (χ1v) is 7.92. The van der Waals surface area contributed by atoms with Crippen LogP contribution in [0, 0.1) is 5.82 Å². The Morgan fingerprint density at radius 3 is 3.00 bits per heavy atom. The molecule has 1 aliphatic heterocycles. The third-order valence-electron chi connectivity index (χ3n) is 3.32. The zero-order valence-electron chi connectivity index (χ0n) is 10.6. The fourth-order valence-electron chi connectivity index (χ4n) is 2.44. The number of hydrogen-bond acceptors (Lipinski definition) is 2. The molecular weight excluding hydrogens is 269 g/mol. The third kappa shape index (κ3) is 3.62. The Morgan fingerprint density at radius 2 is 2.39 bits per heavy atom. The molecule has 1 saturated heterocycles. The van der Waals surface area contributed by atoms with Crippen LogP contribution in [0.5, 0.6) is 0 Å². The lowest BCUT2D eigenvalue weighted by Gasteiger charge is -2.24. The van der Waals surface area contributed by atoms with Gasteiger partial charge in [-0.1, -0.05) is 24.6 Å². The molecule has 1 heterocycles. The Morgan fingerprint density at radius 1 is 1.56 bits per heavy atom. The molecule has 0 radical (unpaired) electrons. The molecule has 0 saturated carbocycles. The Bertz CT molecular complexity index is 393. The van der Waals surface area contributed by atoms with E-state index in [0.717, 1.165) is 18.5 Å². The molecular formula is C14H19ClFNS. The largest absolute Gasteiger partial charge is 0.313 e. The summed E-state index contributed by atoms with van der Waals surface area (Å²) in [4.78, 5) is 0. The molecule has 1 aliphatic rings. The van der Waals surface area contributed by atoms with Crippen molar-refractivity contribution < 1.29 is 4.39 Å². The van der Waals surface area contributed by atoms with E-state index >= 15 is 0 Å². The molecule has 100 valence electrons. The molecule has 1 fully saturated rings. The number of halogens is 2. The molecule has 2 atom stereocenters. The van der Waals surface area contributed by atoms with Gasteiger partial charge in [0.25, 0.3) is 0 Å². The minimum Gasteiger partial charge on any atom is -0.313 e. The van der Waals surface area contributed by atoms with Crippen LogP contribution in [0.3, 0.4) is 0 Å². The zero-order chi connectivity index (χ0) is 13.0. The maximum absolute atomic E-state index is 13.1. The van der Waals surface area contributed by atoms with E-state index in [1.165, 1.54) is 24.7 Å². The smallest absolute Gasteiger partial charge is 0.141 e. The molecule has 0 spiro atoms. The van der Waals surface area contributed by atoms with Crippen LogP contribution in [0.15, 0.2) is 18.2 Å². The van der Waals surface area contributed by atoms with Gasteiger partial charge in [-0.25, -0.2) is 4.39 Å². The maximum Gasteiger partial charge on any atom is 0.141 e. The summed E-state index contributed by atoms with van der Waals surface area (Å²) in [5.74, 6) is 0.923. The van der Waals surface area contributed by atoms with Crippen molar-refractivity contribution in [3.05, 3.63) is 34.6 Å². The van der Waals surface area contributed by atoms with Gasteiger partial charge in [0.1, 0.15) is 5.82 Å².